The molecule has 7 nitrogen and oxygen atoms in total. The third-order valence-electron chi connectivity index (χ3n) is 5.42. The van der Waals surface area contributed by atoms with E-state index < -0.39 is 5.54 Å². The molecule has 0 radical (unpaired) electrons. The van der Waals surface area contributed by atoms with Gasteiger partial charge in [0.05, 0.1) is 17.9 Å². The average Bonchev–Trinajstić information content (AvgIpc) is 2.88. The van der Waals surface area contributed by atoms with Crippen molar-refractivity contribution in [1.82, 2.24) is 20.4 Å². The van der Waals surface area contributed by atoms with Crippen LogP contribution < -0.4 is 5.32 Å². The maximum atomic E-state index is 13.1. The summed E-state index contributed by atoms with van der Waals surface area (Å²) in [6.07, 6.45) is 3.11. The van der Waals surface area contributed by atoms with E-state index in [1.807, 2.05) is 13.8 Å². The number of ether oxygens (including phenoxy) is 1. The third kappa shape index (κ3) is 2.02. The fourth-order valence-corrected chi connectivity index (χ4v) is 4.07. The summed E-state index contributed by atoms with van der Waals surface area (Å²) in [5, 5.41) is 10.1. The first kappa shape index (κ1) is 14.7. The van der Waals surface area contributed by atoms with E-state index in [-0.39, 0.29) is 24.0 Å². The molecule has 0 aromatic carbocycles. The molecule has 3 aliphatic rings. The molecule has 3 heterocycles. The van der Waals surface area contributed by atoms with Crippen molar-refractivity contribution in [3.8, 4) is 0 Å². The van der Waals surface area contributed by atoms with Crippen molar-refractivity contribution in [3.05, 3.63) is 17.0 Å². The van der Waals surface area contributed by atoms with Gasteiger partial charge in [0.1, 0.15) is 5.54 Å². The average molecular weight is 318 g/mol. The summed E-state index contributed by atoms with van der Waals surface area (Å²) in [5.74, 6) is -0.142. The van der Waals surface area contributed by atoms with E-state index in [9.17, 15) is 9.59 Å². The predicted molar refractivity (Wildman–Crippen MR) is 81.9 cm³/mol. The molecule has 2 N–H and O–H groups in total. The van der Waals surface area contributed by atoms with Gasteiger partial charge in [0.15, 0.2) is 5.69 Å². The minimum atomic E-state index is -0.649. The van der Waals surface area contributed by atoms with E-state index in [1.54, 1.807) is 4.90 Å². The molecule has 1 saturated carbocycles. The normalized spacial score (nSPS) is 29.0. The van der Waals surface area contributed by atoms with Crippen molar-refractivity contribution in [3.63, 3.8) is 0 Å². The number of hydrogen-bond donors (Lipinski definition) is 2. The van der Waals surface area contributed by atoms with Gasteiger partial charge in [0.2, 0.25) is 5.91 Å². The van der Waals surface area contributed by atoms with Crippen LogP contribution in [0.15, 0.2) is 0 Å². The van der Waals surface area contributed by atoms with Crippen LogP contribution in [-0.2, 0) is 16.0 Å². The Labute approximate surface area is 134 Å². The molecule has 1 spiro atoms. The molecule has 2 atom stereocenters. The molecule has 2 aliphatic heterocycles. The summed E-state index contributed by atoms with van der Waals surface area (Å²) in [5.41, 5.74) is 1.64. The first-order chi connectivity index (χ1) is 11.0. The Kier molecular flexibility index (Phi) is 3.23. The highest BCUT2D eigenvalue weighted by molar-refractivity contribution is 6.00. The maximum absolute atomic E-state index is 13.1. The van der Waals surface area contributed by atoms with Gasteiger partial charge in [-0.15, -0.1) is 0 Å². The second-order valence-corrected chi connectivity index (χ2v) is 6.86. The SMILES string of the molecule is C[C@@H]1Cc2c(C(=O)N3CCNC(=O)C34CCC4)n[nH]c2[C@H](C)O1. The van der Waals surface area contributed by atoms with E-state index in [0.717, 1.165) is 30.5 Å². The predicted octanol–water partition coefficient (Wildman–Crippen LogP) is 0.927. The number of nitrogens with one attached hydrogen (secondary N) is 2. The Balaban J connectivity index is 1.69. The number of aromatic amines is 1. The van der Waals surface area contributed by atoms with Gasteiger partial charge in [-0.05, 0) is 33.1 Å². The molecule has 1 saturated heterocycles. The van der Waals surface area contributed by atoms with Crippen LogP contribution in [0.4, 0.5) is 0 Å². The van der Waals surface area contributed by atoms with Gasteiger partial charge >= 0.3 is 0 Å². The number of carbonyl (C=O) groups is 2. The Hall–Kier alpha value is -1.89. The van der Waals surface area contributed by atoms with Gasteiger partial charge in [-0.2, -0.15) is 5.10 Å². The van der Waals surface area contributed by atoms with Crippen LogP contribution in [0.1, 0.15) is 61.0 Å². The second-order valence-electron chi connectivity index (χ2n) is 6.86. The van der Waals surface area contributed by atoms with E-state index >= 15 is 0 Å². The Bertz CT molecular complexity index is 664. The number of nitrogens with zero attached hydrogens (tertiary/aromatic N) is 2. The Morgan fingerprint density at radius 2 is 2.17 bits per heavy atom. The number of fused-ring (bicyclic) bond motifs is 1. The first-order valence-electron chi connectivity index (χ1n) is 8.36. The van der Waals surface area contributed by atoms with Crippen LogP contribution in [0.5, 0.6) is 0 Å². The summed E-state index contributed by atoms with van der Waals surface area (Å²) < 4.78 is 5.78. The number of amides is 2. The standard InChI is InChI=1S/C16H22N4O3/c1-9-8-11-12(10(2)23-9)18-19-13(11)14(21)20-7-6-17-15(22)16(20)4-3-5-16/h9-10H,3-8H2,1-2H3,(H,17,22)(H,18,19)/t9-,10+/m1/s1. The van der Waals surface area contributed by atoms with Crippen molar-refractivity contribution in [2.45, 2.75) is 57.3 Å². The summed E-state index contributed by atoms with van der Waals surface area (Å²) in [6.45, 7) is 5.02. The van der Waals surface area contributed by atoms with Crippen LogP contribution in [0.3, 0.4) is 0 Å². The minimum absolute atomic E-state index is 0.0159. The quantitative estimate of drug-likeness (QED) is 0.806. The van der Waals surface area contributed by atoms with E-state index in [2.05, 4.69) is 15.5 Å². The fraction of sp³-hybridized carbons (Fsp3) is 0.688. The number of carbonyl (C=O) groups excluding carboxylic acids is 2. The molecule has 2 fully saturated rings. The lowest BCUT2D eigenvalue weighted by molar-refractivity contribution is -0.141. The van der Waals surface area contributed by atoms with Crippen molar-refractivity contribution in [1.29, 1.82) is 0 Å². The van der Waals surface area contributed by atoms with Crippen molar-refractivity contribution < 1.29 is 14.3 Å². The highest BCUT2D eigenvalue weighted by atomic mass is 16.5. The lowest BCUT2D eigenvalue weighted by Crippen LogP contribution is -2.69. The van der Waals surface area contributed by atoms with Gasteiger partial charge in [0.25, 0.3) is 5.91 Å². The molecule has 0 bridgehead atoms. The molecule has 1 aromatic heterocycles. The number of H-pyrrole nitrogens is 1. The van der Waals surface area contributed by atoms with Gasteiger partial charge in [-0.1, -0.05) is 0 Å². The highest BCUT2D eigenvalue weighted by Gasteiger charge is 2.53. The molecule has 0 unspecified atom stereocenters. The van der Waals surface area contributed by atoms with E-state index in [1.165, 1.54) is 0 Å². The molecular weight excluding hydrogens is 296 g/mol. The van der Waals surface area contributed by atoms with Gasteiger partial charge in [-0.25, -0.2) is 0 Å². The van der Waals surface area contributed by atoms with E-state index in [0.29, 0.717) is 25.2 Å². The van der Waals surface area contributed by atoms with Crippen LogP contribution in [-0.4, -0.2) is 51.6 Å². The van der Waals surface area contributed by atoms with Crippen molar-refractivity contribution in [2.75, 3.05) is 13.1 Å². The Morgan fingerprint density at radius 3 is 2.87 bits per heavy atom. The lowest BCUT2D eigenvalue weighted by atomic mass is 9.73. The lowest BCUT2D eigenvalue weighted by Gasteiger charge is -2.51. The van der Waals surface area contributed by atoms with Gasteiger partial charge < -0.3 is 15.0 Å². The maximum Gasteiger partial charge on any atom is 0.275 e. The first-order valence-corrected chi connectivity index (χ1v) is 8.36. The number of hydrogen-bond acceptors (Lipinski definition) is 4. The number of rotatable bonds is 1. The zero-order valence-electron chi connectivity index (χ0n) is 13.5. The number of piperazine rings is 1. The van der Waals surface area contributed by atoms with Crippen LogP contribution in [0.25, 0.3) is 0 Å². The molecule has 124 valence electrons. The summed E-state index contributed by atoms with van der Waals surface area (Å²) in [7, 11) is 0. The molecular formula is C16H22N4O3. The smallest absolute Gasteiger partial charge is 0.275 e. The molecule has 1 aliphatic carbocycles. The largest absolute Gasteiger partial charge is 0.369 e. The molecule has 7 heteroatoms. The monoisotopic (exact) mass is 318 g/mol. The van der Waals surface area contributed by atoms with Gasteiger partial charge in [0, 0.05) is 25.1 Å². The molecule has 4 rings (SSSR count). The third-order valence-corrected chi connectivity index (χ3v) is 5.42. The minimum Gasteiger partial charge on any atom is -0.369 e. The topological polar surface area (TPSA) is 87.3 Å². The molecule has 2 amide bonds. The van der Waals surface area contributed by atoms with E-state index in [4.69, 9.17) is 4.74 Å². The number of aromatic nitrogens is 2. The summed E-state index contributed by atoms with van der Waals surface area (Å²) in [4.78, 5) is 27.2. The molecule has 1 aromatic rings. The van der Waals surface area contributed by atoms with Gasteiger partial charge in [-0.3, -0.25) is 14.7 Å². The Morgan fingerprint density at radius 1 is 1.39 bits per heavy atom. The van der Waals surface area contributed by atoms with Crippen LogP contribution >= 0.6 is 0 Å². The molecule has 23 heavy (non-hydrogen) atoms. The van der Waals surface area contributed by atoms with Crippen molar-refractivity contribution >= 4 is 11.8 Å². The van der Waals surface area contributed by atoms with Crippen LogP contribution in [0, 0.1) is 0 Å². The highest BCUT2D eigenvalue weighted by Crippen LogP contribution is 2.40. The van der Waals surface area contributed by atoms with Crippen LogP contribution in [0.2, 0.25) is 0 Å². The summed E-state index contributed by atoms with van der Waals surface area (Å²) >= 11 is 0. The second kappa shape index (κ2) is 5.06. The zero-order chi connectivity index (χ0) is 16.2. The zero-order valence-corrected chi connectivity index (χ0v) is 13.5. The van der Waals surface area contributed by atoms with Crippen molar-refractivity contribution in [2.24, 2.45) is 0 Å². The summed E-state index contributed by atoms with van der Waals surface area (Å²) in [6, 6.07) is 0. The fourth-order valence-electron chi connectivity index (χ4n) is 4.07.